The molecular formula is C17H17FN4O3. The van der Waals surface area contributed by atoms with Crippen LogP contribution in [0, 0.1) is 22.9 Å². The number of aryl methyl sites for hydroxylation is 1. The van der Waals surface area contributed by atoms with Gasteiger partial charge >= 0.3 is 0 Å². The van der Waals surface area contributed by atoms with Crippen LogP contribution in [0.5, 0.6) is 0 Å². The summed E-state index contributed by atoms with van der Waals surface area (Å²) in [5.74, 6) is -0.189. The van der Waals surface area contributed by atoms with E-state index in [0.717, 1.165) is 0 Å². The number of nitrogens with zero attached hydrogens (tertiary/aromatic N) is 4. The number of para-hydroxylation sites is 1. The van der Waals surface area contributed by atoms with Gasteiger partial charge in [-0.05, 0) is 31.5 Å². The highest BCUT2D eigenvalue weighted by Gasteiger charge is 2.37. The van der Waals surface area contributed by atoms with E-state index in [0.29, 0.717) is 24.3 Å². The summed E-state index contributed by atoms with van der Waals surface area (Å²) in [6.07, 6.45) is 1.70. The highest BCUT2D eigenvalue weighted by molar-refractivity contribution is 6.01. The van der Waals surface area contributed by atoms with Crippen molar-refractivity contribution >= 4 is 23.1 Å². The summed E-state index contributed by atoms with van der Waals surface area (Å²) in [5.41, 5.74) is 0.664. The molecule has 2 aromatic rings. The second-order valence-electron chi connectivity index (χ2n) is 5.94. The molecule has 8 heteroatoms. The van der Waals surface area contributed by atoms with Crippen molar-refractivity contribution in [3.8, 4) is 0 Å². The van der Waals surface area contributed by atoms with E-state index in [-0.39, 0.29) is 17.3 Å². The summed E-state index contributed by atoms with van der Waals surface area (Å²) >= 11 is 0. The lowest BCUT2D eigenvalue weighted by Crippen LogP contribution is -2.40. The third-order valence-electron chi connectivity index (χ3n) is 4.41. The Morgan fingerprint density at radius 2 is 2.12 bits per heavy atom. The Balaban J connectivity index is 1.83. The SMILES string of the molecule is Cc1cc(N(C)C2CCN(c3ccccc3F)C2=O)ncc1[N+](=O)[O-]. The molecular weight excluding hydrogens is 327 g/mol. The van der Waals surface area contributed by atoms with Crippen molar-refractivity contribution in [1.29, 1.82) is 0 Å². The molecule has 130 valence electrons. The fraction of sp³-hybridized carbons (Fsp3) is 0.294. The third kappa shape index (κ3) is 3.02. The van der Waals surface area contributed by atoms with E-state index in [2.05, 4.69) is 4.98 Å². The maximum absolute atomic E-state index is 14.0. The normalized spacial score (nSPS) is 17.0. The molecule has 1 aromatic carbocycles. The van der Waals surface area contributed by atoms with Gasteiger partial charge in [0.25, 0.3) is 5.69 Å². The highest BCUT2D eigenvalue weighted by Crippen LogP contribution is 2.29. The molecule has 1 fully saturated rings. The summed E-state index contributed by atoms with van der Waals surface area (Å²) in [5, 5.41) is 10.9. The Morgan fingerprint density at radius 1 is 1.40 bits per heavy atom. The predicted octanol–water partition coefficient (Wildman–Crippen LogP) is 2.68. The molecule has 7 nitrogen and oxygen atoms in total. The first kappa shape index (κ1) is 16.8. The molecule has 0 bridgehead atoms. The van der Waals surface area contributed by atoms with E-state index in [1.54, 1.807) is 43.1 Å². The number of rotatable bonds is 4. The molecule has 1 atom stereocenters. The summed E-state index contributed by atoms with van der Waals surface area (Å²) in [6.45, 7) is 2.03. The summed E-state index contributed by atoms with van der Waals surface area (Å²) in [7, 11) is 1.71. The van der Waals surface area contributed by atoms with Gasteiger partial charge in [0.15, 0.2) is 0 Å². The number of amides is 1. The maximum atomic E-state index is 14.0. The number of halogens is 1. The van der Waals surface area contributed by atoms with Crippen LogP contribution in [0.15, 0.2) is 36.5 Å². The second-order valence-corrected chi connectivity index (χ2v) is 5.94. The summed E-state index contributed by atoms with van der Waals surface area (Å²) in [6, 6.07) is 7.24. The lowest BCUT2D eigenvalue weighted by atomic mass is 10.2. The molecule has 25 heavy (non-hydrogen) atoms. The quantitative estimate of drug-likeness (QED) is 0.629. The number of carbonyl (C=O) groups excluding carboxylic acids is 1. The van der Waals surface area contributed by atoms with Gasteiger partial charge in [0.05, 0.1) is 10.6 Å². The van der Waals surface area contributed by atoms with Gasteiger partial charge in [-0.15, -0.1) is 0 Å². The van der Waals surface area contributed by atoms with Crippen molar-refractivity contribution in [2.24, 2.45) is 0 Å². The largest absolute Gasteiger partial charge is 0.348 e. The molecule has 1 aliphatic heterocycles. The molecule has 3 rings (SSSR count). The van der Waals surface area contributed by atoms with E-state index < -0.39 is 16.8 Å². The van der Waals surface area contributed by atoms with Crippen LogP contribution in [0.2, 0.25) is 0 Å². The number of nitro groups is 1. The molecule has 1 amide bonds. The number of likely N-dealkylation sites (N-methyl/N-ethyl adjacent to an activating group) is 1. The Morgan fingerprint density at radius 3 is 2.76 bits per heavy atom. The van der Waals surface area contributed by atoms with E-state index in [1.165, 1.54) is 17.2 Å². The Hall–Kier alpha value is -3.03. The Bertz CT molecular complexity index is 842. The van der Waals surface area contributed by atoms with Gasteiger partial charge in [-0.1, -0.05) is 12.1 Å². The van der Waals surface area contributed by atoms with E-state index in [4.69, 9.17) is 0 Å². The molecule has 0 radical (unpaired) electrons. The smallest absolute Gasteiger partial charge is 0.290 e. The van der Waals surface area contributed by atoms with Gasteiger partial charge in [-0.3, -0.25) is 14.9 Å². The third-order valence-corrected chi connectivity index (χ3v) is 4.41. The number of hydrogen-bond acceptors (Lipinski definition) is 5. The molecule has 0 aliphatic carbocycles. The van der Waals surface area contributed by atoms with Gasteiger partial charge in [0.1, 0.15) is 23.9 Å². The topological polar surface area (TPSA) is 79.6 Å². The minimum atomic E-state index is -0.493. The van der Waals surface area contributed by atoms with Crippen LogP contribution in [0.4, 0.5) is 21.6 Å². The number of aromatic nitrogens is 1. The van der Waals surface area contributed by atoms with Gasteiger partial charge in [-0.25, -0.2) is 9.37 Å². The van der Waals surface area contributed by atoms with Crippen molar-refractivity contribution in [3.05, 3.63) is 58.0 Å². The van der Waals surface area contributed by atoms with Crippen LogP contribution >= 0.6 is 0 Å². The fourth-order valence-electron chi connectivity index (χ4n) is 3.01. The Kier molecular flexibility index (Phi) is 4.35. The molecule has 0 saturated carbocycles. The van der Waals surface area contributed by atoms with Crippen LogP contribution in [-0.4, -0.2) is 35.4 Å². The average molecular weight is 344 g/mol. The van der Waals surface area contributed by atoms with Gasteiger partial charge in [-0.2, -0.15) is 0 Å². The van der Waals surface area contributed by atoms with Crippen molar-refractivity contribution in [2.45, 2.75) is 19.4 Å². The van der Waals surface area contributed by atoms with Crippen molar-refractivity contribution in [1.82, 2.24) is 4.98 Å². The van der Waals surface area contributed by atoms with Crippen LogP contribution in [0.1, 0.15) is 12.0 Å². The van der Waals surface area contributed by atoms with Crippen LogP contribution in [0.25, 0.3) is 0 Å². The predicted molar refractivity (Wildman–Crippen MR) is 91.2 cm³/mol. The maximum Gasteiger partial charge on any atom is 0.290 e. The van der Waals surface area contributed by atoms with Crippen molar-refractivity contribution in [3.63, 3.8) is 0 Å². The van der Waals surface area contributed by atoms with Crippen molar-refractivity contribution < 1.29 is 14.1 Å². The summed E-state index contributed by atoms with van der Waals surface area (Å²) in [4.78, 5) is 30.3. The zero-order chi connectivity index (χ0) is 18.1. The standard InChI is InChI=1S/C17H17FN4O3/c1-11-9-16(19-10-15(11)22(24)25)20(2)14-7-8-21(17(14)23)13-6-4-3-5-12(13)18/h3-6,9-10,14H,7-8H2,1-2H3. The first-order chi connectivity index (χ1) is 11.9. The van der Waals surface area contributed by atoms with E-state index in [1.807, 2.05) is 0 Å². The summed E-state index contributed by atoms with van der Waals surface area (Å²) < 4.78 is 14.0. The zero-order valence-electron chi connectivity index (χ0n) is 13.8. The Labute approximate surface area is 143 Å². The van der Waals surface area contributed by atoms with E-state index in [9.17, 15) is 19.3 Å². The zero-order valence-corrected chi connectivity index (χ0v) is 13.8. The average Bonchev–Trinajstić information content (AvgIpc) is 2.95. The number of anilines is 2. The van der Waals surface area contributed by atoms with Gasteiger partial charge in [0, 0.05) is 19.2 Å². The van der Waals surface area contributed by atoms with Gasteiger partial charge in [0.2, 0.25) is 5.91 Å². The lowest BCUT2D eigenvalue weighted by molar-refractivity contribution is -0.385. The highest BCUT2D eigenvalue weighted by atomic mass is 19.1. The molecule has 1 saturated heterocycles. The number of hydrogen-bond donors (Lipinski definition) is 0. The molecule has 1 unspecified atom stereocenters. The number of carbonyl (C=O) groups is 1. The molecule has 0 N–H and O–H groups in total. The second kappa shape index (κ2) is 6.46. The molecule has 1 aromatic heterocycles. The van der Waals surface area contributed by atoms with Crippen LogP contribution < -0.4 is 9.80 Å². The minimum absolute atomic E-state index is 0.0668. The minimum Gasteiger partial charge on any atom is -0.348 e. The first-order valence-electron chi connectivity index (χ1n) is 7.80. The molecule has 1 aliphatic rings. The monoisotopic (exact) mass is 344 g/mol. The van der Waals surface area contributed by atoms with Gasteiger partial charge < -0.3 is 9.80 Å². The first-order valence-corrected chi connectivity index (χ1v) is 7.80. The fourth-order valence-corrected chi connectivity index (χ4v) is 3.01. The van der Waals surface area contributed by atoms with Crippen molar-refractivity contribution in [2.75, 3.05) is 23.4 Å². The number of benzene rings is 1. The molecule has 2 heterocycles. The van der Waals surface area contributed by atoms with Crippen LogP contribution in [0.3, 0.4) is 0 Å². The number of pyridine rings is 1. The lowest BCUT2D eigenvalue weighted by Gasteiger charge is -2.25. The van der Waals surface area contributed by atoms with Crippen LogP contribution in [-0.2, 0) is 4.79 Å². The van der Waals surface area contributed by atoms with E-state index >= 15 is 0 Å². The molecule has 0 spiro atoms.